The average Bonchev–Trinajstić information content (AvgIpc) is 3.25. The summed E-state index contributed by atoms with van der Waals surface area (Å²) in [4.78, 5) is 8.55. The van der Waals surface area contributed by atoms with Gasteiger partial charge >= 0.3 is 6.18 Å². The molecule has 3 nitrogen and oxygen atoms in total. The van der Waals surface area contributed by atoms with Crippen molar-refractivity contribution in [1.82, 2.24) is 9.97 Å². The van der Waals surface area contributed by atoms with Crippen LogP contribution in [0.15, 0.2) is 24.3 Å². The molecule has 1 heterocycles. The highest BCUT2D eigenvalue weighted by Gasteiger charge is 2.35. The monoisotopic (exact) mass is 293 g/mol. The average molecular weight is 293 g/mol. The van der Waals surface area contributed by atoms with Gasteiger partial charge in [-0.2, -0.15) is 13.2 Å². The molecule has 0 saturated heterocycles. The molecule has 0 unspecified atom stereocenters. The molecule has 3 rings (SSSR count). The van der Waals surface area contributed by atoms with E-state index in [2.05, 4.69) is 9.97 Å². The molecule has 6 heteroatoms. The van der Waals surface area contributed by atoms with Crippen LogP contribution in [0.5, 0.6) is 0 Å². The van der Waals surface area contributed by atoms with Crippen LogP contribution in [0.2, 0.25) is 0 Å². The maximum Gasteiger partial charge on any atom is 0.417 e. The first-order chi connectivity index (χ1) is 9.88. The van der Waals surface area contributed by atoms with Crippen LogP contribution in [-0.4, -0.2) is 9.97 Å². The number of aromatic nitrogens is 2. The Morgan fingerprint density at radius 1 is 1.14 bits per heavy atom. The Hall–Kier alpha value is -2.11. The quantitative estimate of drug-likeness (QED) is 0.912. The van der Waals surface area contributed by atoms with Crippen molar-refractivity contribution in [3.8, 4) is 11.3 Å². The summed E-state index contributed by atoms with van der Waals surface area (Å²) in [5, 5.41) is 0. The second kappa shape index (κ2) is 4.72. The lowest BCUT2D eigenvalue weighted by molar-refractivity contribution is -0.137. The van der Waals surface area contributed by atoms with E-state index in [1.807, 2.05) is 0 Å². The molecule has 0 bridgehead atoms. The van der Waals surface area contributed by atoms with Crippen LogP contribution < -0.4 is 5.73 Å². The molecule has 1 aromatic heterocycles. The fourth-order valence-electron chi connectivity index (χ4n) is 2.28. The molecule has 1 aliphatic rings. The van der Waals surface area contributed by atoms with Crippen LogP contribution in [0.1, 0.15) is 35.7 Å². The summed E-state index contributed by atoms with van der Waals surface area (Å²) < 4.78 is 39.5. The predicted octanol–water partition coefficient (Wildman–Crippen LogP) is 3.93. The molecule has 0 radical (unpaired) electrons. The van der Waals surface area contributed by atoms with E-state index in [9.17, 15) is 13.2 Å². The normalized spacial score (nSPS) is 15.2. The molecule has 1 fully saturated rings. The summed E-state index contributed by atoms with van der Waals surface area (Å²) in [7, 11) is 0. The minimum Gasteiger partial charge on any atom is -0.383 e. The molecular formula is C15H14F3N3. The van der Waals surface area contributed by atoms with Gasteiger partial charge in [0.25, 0.3) is 0 Å². The second-order valence-corrected chi connectivity index (χ2v) is 5.26. The largest absolute Gasteiger partial charge is 0.417 e. The first-order valence-corrected chi connectivity index (χ1v) is 6.68. The van der Waals surface area contributed by atoms with Gasteiger partial charge < -0.3 is 5.73 Å². The fourth-order valence-corrected chi connectivity index (χ4v) is 2.28. The van der Waals surface area contributed by atoms with Crippen LogP contribution >= 0.6 is 0 Å². The van der Waals surface area contributed by atoms with Gasteiger partial charge in [0.2, 0.25) is 0 Å². The number of halogens is 3. The zero-order valence-electron chi connectivity index (χ0n) is 11.4. The van der Waals surface area contributed by atoms with Crippen molar-refractivity contribution >= 4 is 5.82 Å². The van der Waals surface area contributed by atoms with Gasteiger partial charge in [-0.1, -0.05) is 18.2 Å². The number of hydrogen-bond donors (Lipinski definition) is 1. The van der Waals surface area contributed by atoms with Gasteiger partial charge in [-0.15, -0.1) is 0 Å². The summed E-state index contributed by atoms with van der Waals surface area (Å²) >= 11 is 0. The number of anilines is 1. The molecule has 1 saturated carbocycles. The summed E-state index contributed by atoms with van der Waals surface area (Å²) in [6.07, 6.45) is -2.51. The van der Waals surface area contributed by atoms with Crippen molar-refractivity contribution in [1.29, 1.82) is 0 Å². The lowest BCUT2D eigenvalue weighted by atomic mass is 10.0. The highest BCUT2D eigenvalue weighted by molar-refractivity contribution is 5.71. The number of rotatable bonds is 2. The topological polar surface area (TPSA) is 51.8 Å². The third-order valence-corrected chi connectivity index (χ3v) is 3.63. The summed E-state index contributed by atoms with van der Waals surface area (Å²) in [6.45, 7) is 1.65. The lowest BCUT2D eigenvalue weighted by Crippen LogP contribution is -2.10. The molecule has 0 aliphatic heterocycles. The highest BCUT2D eigenvalue weighted by Crippen LogP contribution is 2.42. The summed E-state index contributed by atoms with van der Waals surface area (Å²) in [6, 6.07) is 5.42. The maximum atomic E-state index is 13.2. The van der Waals surface area contributed by atoms with Gasteiger partial charge in [0.1, 0.15) is 11.6 Å². The van der Waals surface area contributed by atoms with E-state index in [0.717, 1.165) is 18.9 Å². The van der Waals surface area contributed by atoms with Crippen molar-refractivity contribution < 1.29 is 13.2 Å². The van der Waals surface area contributed by atoms with Crippen molar-refractivity contribution in [2.24, 2.45) is 0 Å². The van der Waals surface area contributed by atoms with Crippen LogP contribution in [-0.2, 0) is 6.18 Å². The molecule has 0 spiro atoms. The number of nitrogens with two attached hydrogens (primary N) is 1. The van der Waals surface area contributed by atoms with Crippen LogP contribution in [0.25, 0.3) is 11.3 Å². The Kier molecular flexibility index (Phi) is 3.11. The van der Waals surface area contributed by atoms with E-state index >= 15 is 0 Å². The van der Waals surface area contributed by atoms with Gasteiger partial charge in [-0.25, -0.2) is 9.97 Å². The van der Waals surface area contributed by atoms with Crippen molar-refractivity contribution in [3.05, 3.63) is 41.2 Å². The standard InChI is InChI=1S/C15H14F3N3/c1-8-12(20-14(9-6-7-9)21-13(8)19)10-4-2-3-5-11(10)15(16,17)18/h2-5,9H,6-7H2,1H3,(H2,19,20,21). The molecule has 21 heavy (non-hydrogen) atoms. The first-order valence-electron chi connectivity index (χ1n) is 6.68. The van der Waals surface area contributed by atoms with Crippen LogP contribution in [0.3, 0.4) is 0 Å². The number of nitrogen functional groups attached to an aromatic ring is 1. The Balaban J connectivity index is 2.21. The number of alkyl halides is 3. The third-order valence-electron chi connectivity index (χ3n) is 3.63. The van der Waals surface area contributed by atoms with E-state index in [-0.39, 0.29) is 23.0 Å². The minimum atomic E-state index is -4.43. The molecule has 1 aliphatic carbocycles. The van der Waals surface area contributed by atoms with Gasteiger partial charge in [-0.3, -0.25) is 0 Å². The minimum absolute atomic E-state index is 0.0542. The van der Waals surface area contributed by atoms with Crippen molar-refractivity contribution in [3.63, 3.8) is 0 Å². The Bertz CT molecular complexity index is 691. The summed E-state index contributed by atoms with van der Waals surface area (Å²) in [5.74, 6) is 1.02. The van der Waals surface area contributed by atoms with Crippen molar-refractivity contribution in [2.45, 2.75) is 31.9 Å². The van der Waals surface area contributed by atoms with Crippen LogP contribution in [0.4, 0.5) is 19.0 Å². The number of benzene rings is 1. The molecule has 0 amide bonds. The molecule has 0 atom stereocenters. The van der Waals surface area contributed by atoms with E-state index in [1.54, 1.807) is 13.0 Å². The first kappa shape index (κ1) is 13.9. The molecule has 1 aromatic carbocycles. The SMILES string of the molecule is Cc1c(N)nc(C2CC2)nc1-c1ccccc1C(F)(F)F. The van der Waals surface area contributed by atoms with Crippen molar-refractivity contribution in [2.75, 3.05) is 5.73 Å². The molecule has 110 valence electrons. The Labute approximate surface area is 120 Å². The summed E-state index contributed by atoms with van der Waals surface area (Å²) in [5.41, 5.74) is 5.96. The molecular weight excluding hydrogens is 279 g/mol. The van der Waals surface area contributed by atoms with Gasteiger partial charge in [0, 0.05) is 17.0 Å². The van der Waals surface area contributed by atoms with E-state index in [0.29, 0.717) is 11.4 Å². The molecule has 2 N–H and O–H groups in total. The second-order valence-electron chi connectivity index (χ2n) is 5.26. The van der Waals surface area contributed by atoms with E-state index < -0.39 is 11.7 Å². The van der Waals surface area contributed by atoms with E-state index in [4.69, 9.17) is 5.73 Å². The zero-order chi connectivity index (χ0) is 15.2. The van der Waals surface area contributed by atoms with Crippen LogP contribution in [0, 0.1) is 6.92 Å². The van der Waals surface area contributed by atoms with Gasteiger partial charge in [-0.05, 0) is 25.8 Å². The predicted molar refractivity (Wildman–Crippen MR) is 73.6 cm³/mol. The van der Waals surface area contributed by atoms with E-state index in [1.165, 1.54) is 12.1 Å². The fraction of sp³-hybridized carbons (Fsp3) is 0.333. The Morgan fingerprint density at radius 2 is 1.81 bits per heavy atom. The smallest absolute Gasteiger partial charge is 0.383 e. The maximum absolute atomic E-state index is 13.2. The Morgan fingerprint density at radius 3 is 2.43 bits per heavy atom. The molecule has 2 aromatic rings. The van der Waals surface area contributed by atoms with Gasteiger partial charge in [0.05, 0.1) is 11.3 Å². The lowest BCUT2D eigenvalue weighted by Gasteiger charge is -2.15. The highest BCUT2D eigenvalue weighted by atomic mass is 19.4. The third kappa shape index (κ3) is 2.57. The zero-order valence-corrected chi connectivity index (χ0v) is 11.4. The number of nitrogens with zero attached hydrogens (tertiary/aromatic N) is 2. The number of hydrogen-bond acceptors (Lipinski definition) is 3. The van der Waals surface area contributed by atoms with Gasteiger partial charge in [0.15, 0.2) is 0 Å².